The van der Waals surface area contributed by atoms with Gasteiger partial charge in [-0.25, -0.2) is 14.0 Å². The molecular formula is C10H13FN2O2. The predicted octanol–water partition coefficient (Wildman–Crippen LogP) is 1.47. The molecule has 2 heterocycles. The van der Waals surface area contributed by atoms with E-state index in [0.29, 0.717) is 13.1 Å². The van der Waals surface area contributed by atoms with Gasteiger partial charge in [0.1, 0.15) is 0 Å². The quantitative estimate of drug-likeness (QED) is 0.663. The van der Waals surface area contributed by atoms with E-state index >= 15 is 0 Å². The van der Waals surface area contributed by atoms with E-state index in [1.807, 2.05) is 13.0 Å². The number of amides is 2. The molecule has 0 aromatic rings. The molecule has 0 aromatic heterocycles. The largest absolute Gasteiger partial charge is 0.345 e. The van der Waals surface area contributed by atoms with Crippen LogP contribution in [0, 0.1) is 0 Å². The molecule has 2 rings (SSSR count). The maximum atomic E-state index is 12.9. The molecule has 2 atom stereocenters. The number of urea groups is 1. The van der Waals surface area contributed by atoms with Gasteiger partial charge in [0.25, 0.3) is 0 Å². The van der Waals surface area contributed by atoms with E-state index in [2.05, 4.69) is 6.58 Å². The van der Waals surface area contributed by atoms with Gasteiger partial charge in [-0.15, -0.1) is 0 Å². The lowest BCUT2D eigenvalue weighted by molar-refractivity contribution is -0.187. The van der Waals surface area contributed by atoms with Gasteiger partial charge in [0, 0.05) is 13.1 Å². The molecule has 4 nitrogen and oxygen atoms in total. The predicted molar refractivity (Wildman–Crippen MR) is 52.5 cm³/mol. The standard InChI is InChI=1S/C10H13FN2O2/c1-3-9(11)15-13-8-4-7(2)5-12(6-8)10(13)14/h3-4,8-9H,1,5-6H2,2H3. The Morgan fingerprint density at radius 1 is 1.80 bits per heavy atom. The summed E-state index contributed by atoms with van der Waals surface area (Å²) in [4.78, 5) is 18.2. The van der Waals surface area contributed by atoms with Crippen LogP contribution in [-0.4, -0.2) is 41.5 Å². The van der Waals surface area contributed by atoms with Crippen LogP contribution in [0.25, 0.3) is 0 Å². The topological polar surface area (TPSA) is 32.8 Å². The average molecular weight is 212 g/mol. The van der Waals surface area contributed by atoms with E-state index in [1.54, 1.807) is 4.90 Å². The summed E-state index contributed by atoms with van der Waals surface area (Å²) in [6.45, 7) is 6.37. The second-order valence-corrected chi connectivity index (χ2v) is 3.76. The Morgan fingerprint density at radius 3 is 3.20 bits per heavy atom. The molecule has 2 unspecified atom stereocenters. The number of hydrogen-bond acceptors (Lipinski definition) is 2. The van der Waals surface area contributed by atoms with Crippen molar-refractivity contribution in [1.29, 1.82) is 0 Å². The molecule has 2 bridgehead atoms. The molecule has 2 aliphatic rings. The summed E-state index contributed by atoms with van der Waals surface area (Å²) in [6, 6.07) is -0.456. The third-order valence-corrected chi connectivity index (χ3v) is 2.48. The van der Waals surface area contributed by atoms with Crippen LogP contribution in [0.2, 0.25) is 0 Å². The number of hydrogen-bond donors (Lipinski definition) is 0. The lowest BCUT2D eigenvalue weighted by Crippen LogP contribution is -2.35. The first-order valence-corrected chi connectivity index (χ1v) is 4.80. The van der Waals surface area contributed by atoms with Crippen molar-refractivity contribution < 1.29 is 14.0 Å². The molecule has 2 amide bonds. The number of fused-ring (bicyclic) bond motifs is 2. The van der Waals surface area contributed by atoms with Crippen LogP contribution in [0.1, 0.15) is 6.92 Å². The molecule has 0 N–H and O–H groups in total. The summed E-state index contributed by atoms with van der Waals surface area (Å²) in [5.41, 5.74) is 1.10. The monoisotopic (exact) mass is 212 g/mol. The SMILES string of the molecule is C=CC(F)ON1C(=O)N2CC(C)=CC1C2. The van der Waals surface area contributed by atoms with E-state index < -0.39 is 6.36 Å². The lowest BCUT2D eigenvalue weighted by Gasteiger charge is -2.20. The van der Waals surface area contributed by atoms with E-state index in [-0.39, 0.29) is 12.1 Å². The molecule has 0 aromatic carbocycles. The summed E-state index contributed by atoms with van der Waals surface area (Å²) >= 11 is 0. The van der Waals surface area contributed by atoms with Gasteiger partial charge in [0.2, 0.25) is 6.36 Å². The van der Waals surface area contributed by atoms with Crippen molar-refractivity contribution in [2.24, 2.45) is 0 Å². The van der Waals surface area contributed by atoms with Crippen LogP contribution in [0.15, 0.2) is 24.3 Å². The van der Waals surface area contributed by atoms with E-state index in [0.717, 1.165) is 16.7 Å². The molecule has 0 saturated carbocycles. The Labute approximate surface area is 87.5 Å². The van der Waals surface area contributed by atoms with Gasteiger partial charge >= 0.3 is 6.03 Å². The Balaban J connectivity index is 2.13. The van der Waals surface area contributed by atoms with Gasteiger partial charge in [-0.05, 0) is 13.0 Å². The van der Waals surface area contributed by atoms with Gasteiger partial charge in [0.05, 0.1) is 6.04 Å². The van der Waals surface area contributed by atoms with Crippen molar-refractivity contribution >= 4 is 6.03 Å². The molecule has 1 fully saturated rings. The Morgan fingerprint density at radius 2 is 2.53 bits per heavy atom. The highest BCUT2D eigenvalue weighted by Crippen LogP contribution is 2.25. The fraction of sp³-hybridized carbons (Fsp3) is 0.500. The molecule has 2 aliphatic heterocycles. The highest BCUT2D eigenvalue weighted by molar-refractivity contribution is 5.77. The number of carbonyl (C=O) groups is 1. The van der Waals surface area contributed by atoms with Crippen LogP contribution in [0.4, 0.5) is 9.18 Å². The second kappa shape index (κ2) is 3.66. The van der Waals surface area contributed by atoms with E-state index in [9.17, 15) is 9.18 Å². The highest BCUT2D eigenvalue weighted by atomic mass is 19.1. The molecular weight excluding hydrogens is 199 g/mol. The minimum absolute atomic E-state index is 0.176. The Bertz CT molecular complexity index is 329. The Hall–Kier alpha value is -1.36. The number of hydroxylamine groups is 2. The smallest absolute Gasteiger partial charge is 0.316 e. The highest BCUT2D eigenvalue weighted by Gasteiger charge is 2.40. The van der Waals surface area contributed by atoms with Crippen molar-refractivity contribution in [3.8, 4) is 0 Å². The molecule has 0 radical (unpaired) electrons. The van der Waals surface area contributed by atoms with Crippen LogP contribution in [0.5, 0.6) is 0 Å². The lowest BCUT2D eigenvalue weighted by atomic mass is 10.1. The molecule has 0 spiro atoms. The first-order chi connectivity index (χ1) is 7.11. The van der Waals surface area contributed by atoms with Crippen LogP contribution < -0.4 is 0 Å². The number of halogens is 1. The second-order valence-electron chi connectivity index (χ2n) is 3.76. The van der Waals surface area contributed by atoms with Gasteiger partial charge in [-0.2, -0.15) is 5.06 Å². The van der Waals surface area contributed by atoms with E-state index in [4.69, 9.17) is 4.84 Å². The summed E-state index contributed by atoms with van der Waals surface area (Å²) < 4.78 is 12.9. The third kappa shape index (κ3) is 1.74. The Kier molecular flexibility index (Phi) is 2.48. The summed E-state index contributed by atoms with van der Waals surface area (Å²) in [6.07, 6.45) is 1.31. The molecule has 15 heavy (non-hydrogen) atoms. The number of nitrogens with zero attached hydrogens (tertiary/aromatic N) is 2. The molecule has 1 saturated heterocycles. The third-order valence-electron chi connectivity index (χ3n) is 2.48. The first kappa shape index (κ1) is 10.2. The van der Waals surface area contributed by atoms with Crippen LogP contribution in [0.3, 0.4) is 0 Å². The zero-order valence-electron chi connectivity index (χ0n) is 8.52. The number of rotatable bonds is 3. The number of alkyl halides is 1. The van der Waals surface area contributed by atoms with Gasteiger partial charge in [-0.3, -0.25) is 0 Å². The van der Waals surface area contributed by atoms with Crippen LogP contribution in [-0.2, 0) is 4.84 Å². The fourth-order valence-corrected chi connectivity index (χ4v) is 1.87. The summed E-state index contributed by atoms with van der Waals surface area (Å²) in [5, 5.41) is 1.09. The van der Waals surface area contributed by atoms with Crippen molar-refractivity contribution in [2.75, 3.05) is 13.1 Å². The normalized spacial score (nSPS) is 26.7. The zero-order valence-corrected chi connectivity index (χ0v) is 8.52. The van der Waals surface area contributed by atoms with Crippen molar-refractivity contribution in [3.05, 3.63) is 24.3 Å². The van der Waals surface area contributed by atoms with Gasteiger partial charge in [0.15, 0.2) is 0 Å². The van der Waals surface area contributed by atoms with Crippen molar-refractivity contribution in [3.63, 3.8) is 0 Å². The maximum absolute atomic E-state index is 12.9. The minimum atomic E-state index is -1.64. The van der Waals surface area contributed by atoms with Gasteiger partial charge < -0.3 is 4.90 Å². The van der Waals surface area contributed by atoms with Crippen molar-refractivity contribution in [1.82, 2.24) is 9.96 Å². The molecule has 5 heteroatoms. The average Bonchev–Trinajstić information content (AvgIpc) is 2.42. The first-order valence-electron chi connectivity index (χ1n) is 4.80. The summed E-state index contributed by atoms with van der Waals surface area (Å²) in [5.74, 6) is 0. The number of carbonyl (C=O) groups excluding carboxylic acids is 1. The zero-order chi connectivity index (χ0) is 11.0. The fourth-order valence-electron chi connectivity index (χ4n) is 1.87. The summed E-state index contributed by atoms with van der Waals surface area (Å²) in [7, 11) is 0. The van der Waals surface area contributed by atoms with Crippen LogP contribution >= 0.6 is 0 Å². The maximum Gasteiger partial charge on any atom is 0.345 e. The molecule has 82 valence electrons. The van der Waals surface area contributed by atoms with Gasteiger partial charge in [-0.1, -0.05) is 18.2 Å². The van der Waals surface area contributed by atoms with Crippen molar-refractivity contribution in [2.45, 2.75) is 19.3 Å². The molecule has 0 aliphatic carbocycles. The minimum Gasteiger partial charge on any atom is -0.316 e. The van der Waals surface area contributed by atoms with E-state index in [1.165, 1.54) is 0 Å².